The second kappa shape index (κ2) is 5.21. The van der Waals surface area contributed by atoms with Gasteiger partial charge in [0.2, 0.25) is 0 Å². The maximum Gasteiger partial charge on any atom is 0.0758 e. The number of rotatable bonds is 4. The molecule has 1 heterocycles. The Morgan fingerprint density at radius 3 is 2.75 bits per heavy atom. The van der Waals surface area contributed by atoms with E-state index < -0.39 is 5.60 Å². The minimum Gasteiger partial charge on any atom is -0.389 e. The van der Waals surface area contributed by atoms with Crippen molar-refractivity contribution in [3.63, 3.8) is 0 Å². The predicted molar refractivity (Wildman–Crippen MR) is 68.8 cm³/mol. The van der Waals surface area contributed by atoms with Crippen molar-refractivity contribution in [3.05, 3.63) is 30.3 Å². The summed E-state index contributed by atoms with van der Waals surface area (Å²) in [6, 6.07) is 10.5. The standard InChI is InChI=1S/C13H19NOS/c1-13(15)7-8-14(11-13)9-10-16-12-5-3-2-4-6-12/h2-6,15H,7-11H2,1H3. The lowest BCUT2D eigenvalue weighted by molar-refractivity contribution is 0.0696. The van der Waals surface area contributed by atoms with Gasteiger partial charge in [-0.15, -0.1) is 11.8 Å². The van der Waals surface area contributed by atoms with Crippen LogP contribution in [-0.2, 0) is 0 Å². The summed E-state index contributed by atoms with van der Waals surface area (Å²) in [4.78, 5) is 3.67. The van der Waals surface area contributed by atoms with Gasteiger partial charge in [0.1, 0.15) is 0 Å². The first-order chi connectivity index (χ1) is 7.66. The van der Waals surface area contributed by atoms with Crippen LogP contribution < -0.4 is 0 Å². The molecule has 0 bridgehead atoms. The van der Waals surface area contributed by atoms with E-state index in [0.717, 1.165) is 31.8 Å². The van der Waals surface area contributed by atoms with Gasteiger partial charge < -0.3 is 5.11 Å². The fraction of sp³-hybridized carbons (Fsp3) is 0.538. The van der Waals surface area contributed by atoms with E-state index in [2.05, 4.69) is 29.2 Å². The quantitative estimate of drug-likeness (QED) is 0.812. The van der Waals surface area contributed by atoms with E-state index in [0.29, 0.717) is 0 Å². The average Bonchev–Trinajstić information content (AvgIpc) is 2.60. The zero-order valence-electron chi connectivity index (χ0n) is 9.72. The van der Waals surface area contributed by atoms with Crippen molar-refractivity contribution < 1.29 is 5.11 Å². The molecule has 1 aromatic rings. The number of hydrogen-bond acceptors (Lipinski definition) is 3. The van der Waals surface area contributed by atoms with Gasteiger partial charge in [-0.3, -0.25) is 4.90 Å². The molecular weight excluding hydrogens is 218 g/mol. The summed E-state index contributed by atoms with van der Waals surface area (Å²) in [6.45, 7) is 4.84. The van der Waals surface area contributed by atoms with Crippen LogP contribution in [0.2, 0.25) is 0 Å². The summed E-state index contributed by atoms with van der Waals surface area (Å²) >= 11 is 1.88. The topological polar surface area (TPSA) is 23.5 Å². The van der Waals surface area contributed by atoms with E-state index in [4.69, 9.17) is 0 Å². The van der Waals surface area contributed by atoms with Crippen molar-refractivity contribution in [2.45, 2.75) is 23.8 Å². The molecule has 1 aliphatic heterocycles. The van der Waals surface area contributed by atoms with Crippen LogP contribution in [-0.4, -0.2) is 41.0 Å². The highest BCUT2D eigenvalue weighted by Crippen LogP contribution is 2.22. The molecule has 88 valence electrons. The molecule has 1 aromatic carbocycles. The largest absolute Gasteiger partial charge is 0.389 e. The van der Waals surface area contributed by atoms with Crippen molar-refractivity contribution in [2.24, 2.45) is 0 Å². The third-order valence-corrected chi connectivity index (χ3v) is 3.94. The molecule has 3 heteroatoms. The molecule has 2 nitrogen and oxygen atoms in total. The molecule has 0 amide bonds. The lowest BCUT2D eigenvalue weighted by atomic mass is 10.1. The van der Waals surface area contributed by atoms with E-state index in [1.807, 2.05) is 24.8 Å². The van der Waals surface area contributed by atoms with Crippen LogP contribution in [0.5, 0.6) is 0 Å². The van der Waals surface area contributed by atoms with Gasteiger partial charge in [-0.2, -0.15) is 0 Å². The van der Waals surface area contributed by atoms with Crippen LogP contribution in [0.1, 0.15) is 13.3 Å². The van der Waals surface area contributed by atoms with E-state index in [1.165, 1.54) is 4.90 Å². The summed E-state index contributed by atoms with van der Waals surface area (Å²) in [5.74, 6) is 1.10. The third-order valence-electron chi connectivity index (χ3n) is 2.95. The van der Waals surface area contributed by atoms with Gasteiger partial charge in [0.15, 0.2) is 0 Å². The number of thioether (sulfide) groups is 1. The minimum absolute atomic E-state index is 0.461. The summed E-state index contributed by atoms with van der Waals surface area (Å²) in [6.07, 6.45) is 0.906. The van der Waals surface area contributed by atoms with Gasteiger partial charge >= 0.3 is 0 Å². The Labute approximate surface area is 102 Å². The van der Waals surface area contributed by atoms with Crippen molar-refractivity contribution >= 4 is 11.8 Å². The number of benzene rings is 1. The lowest BCUT2D eigenvalue weighted by Gasteiger charge is -2.18. The minimum atomic E-state index is -0.461. The highest BCUT2D eigenvalue weighted by atomic mass is 32.2. The zero-order valence-corrected chi connectivity index (χ0v) is 10.5. The number of hydrogen-bond donors (Lipinski definition) is 1. The van der Waals surface area contributed by atoms with Crippen LogP contribution in [0.25, 0.3) is 0 Å². The van der Waals surface area contributed by atoms with Crippen LogP contribution in [0, 0.1) is 0 Å². The number of β-amino-alcohol motifs (C(OH)–C–C–N with tert-alkyl or cyclic N) is 1. The van der Waals surface area contributed by atoms with Crippen molar-refractivity contribution in [1.82, 2.24) is 4.90 Å². The fourth-order valence-electron chi connectivity index (χ4n) is 2.04. The first kappa shape index (κ1) is 12.0. The van der Waals surface area contributed by atoms with Crippen molar-refractivity contribution in [3.8, 4) is 0 Å². The molecule has 1 unspecified atom stereocenters. The molecule has 0 spiro atoms. The monoisotopic (exact) mass is 237 g/mol. The van der Waals surface area contributed by atoms with Crippen molar-refractivity contribution in [2.75, 3.05) is 25.4 Å². The van der Waals surface area contributed by atoms with E-state index in [1.54, 1.807) is 0 Å². The fourth-order valence-corrected chi connectivity index (χ4v) is 2.97. The van der Waals surface area contributed by atoms with Crippen molar-refractivity contribution in [1.29, 1.82) is 0 Å². The molecule has 0 saturated carbocycles. The Hall–Kier alpha value is -0.510. The summed E-state index contributed by atoms with van der Waals surface area (Å²) in [5.41, 5.74) is -0.461. The van der Waals surface area contributed by atoms with Gasteiger partial charge in [0.25, 0.3) is 0 Å². The summed E-state index contributed by atoms with van der Waals surface area (Å²) < 4.78 is 0. The molecule has 0 radical (unpaired) electrons. The Bertz CT molecular complexity index is 326. The van der Waals surface area contributed by atoms with E-state index in [9.17, 15) is 5.11 Å². The maximum atomic E-state index is 9.83. The number of likely N-dealkylation sites (tertiary alicyclic amines) is 1. The molecule has 1 saturated heterocycles. The Kier molecular flexibility index (Phi) is 3.90. The smallest absolute Gasteiger partial charge is 0.0758 e. The maximum absolute atomic E-state index is 9.83. The summed E-state index contributed by atoms with van der Waals surface area (Å²) in [7, 11) is 0. The average molecular weight is 237 g/mol. The van der Waals surface area contributed by atoms with Gasteiger partial charge in [0.05, 0.1) is 5.60 Å². The molecular formula is C13H19NOS. The van der Waals surface area contributed by atoms with E-state index >= 15 is 0 Å². The Balaban J connectivity index is 1.70. The zero-order chi connectivity index (χ0) is 11.4. The molecule has 0 aromatic heterocycles. The van der Waals surface area contributed by atoms with Crippen LogP contribution in [0.15, 0.2) is 35.2 Å². The van der Waals surface area contributed by atoms with E-state index in [-0.39, 0.29) is 0 Å². The second-order valence-corrected chi connectivity index (χ2v) is 5.85. The summed E-state index contributed by atoms with van der Waals surface area (Å²) in [5, 5.41) is 9.83. The molecule has 16 heavy (non-hydrogen) atoms. The normalized spacial score (nSPS) is 26.1. The first-order valence-electron chi connectivity index (χ1n) is 5.78. The third kappa shape index (κ3) is 3.51. The van der Waals surface area contributed by atoms with Gasteiger partial charge in [-0.1, -0.05) is 18.2 Å². The molecule has 0 aliphatic carbocycles. The highest BCUT2D eigenvalue weighted by molar-refractivity contribution is 7.99. The van der Waals surface area contributed by atoms with Gasteiger partial charge in [-0.25, -0.2) is 0 Å². The Morgan fingerprint density at radius 1 is 1.38 bits per heavy atom. The molecule has 2 rings (SSSR count). The van der Waals surface area contributed by atoms with Crippen LogP contribution in [0.3, 0.4) is 0 Å². The number of aliphatic hydroxyl groups is 1. The highest BCUT2D eigenvalue weighted by Gasteiger charge is 2.30. The van der Waals surface area contributed by atoms with Crippen LogP contribution in [0.4, 0.5) is 0 Å². The van der Waals surface area contributed by atoms with Gasteiger partial charge in [0, 0.05) is 30.3 Å². The Morgan fingerprint density at radius 2 is 2.12 bits per heavy atom. The molecule has 1 N–H and O–H groups in total. The molecule has 1 atom stereocenters. The van der Waals surface area contributed by atoms with Crippen LogP contribution >= 0.6 is 11.8 Å². The van der Waals surface area contributed by atoms with Gasteiger partial charge in [-0.05, 0) is 25.5 Å². The lowest BCUT2D eigenvalue weighted by Crippen LogP contribution is -2.30. The number of nitrogens with zero attached hydrogens (tertiary/aromatic N) is 1. The molecule has 1 aliphatic rings. The molecule has 1 fully saturated rings. The first-order valence-corrected chi connectivity index (χ1v) is 6.77. The SMILES string of the molecule is CC1(O)CCN(CCSc2ccccc2)C1. The second-order valence-electron chi connectivity index (χ2n) is 4.68. The predicted octanol–water partition coefficient (Wildman–Crippen LogP) is 2.24.